The van der Waals surface area contributed by atoms with Crippen LogP contribution in [0.25, 0.3) is 11.2 Å². The van der Waals surface area contributed by atoms with E-state index in [1.807, 2.05) is 17.0 Å². The Hall–Kier alpha value is -4.32. The summed E-state index contributed by atoms with van der Waals surface area (Å²) in [6.45, 7) is 4.17. The van der Waals surface area contributed by atoms with E-state index in [1.54, 1.807) is 35.9 Å². The molecule has 0 atom stereocenters. The highest BCUT2D eigenvalue weighted by atomic mass is 32.1. The highest BCUT2D eigenvalue weighted by Crippen LogP contribution is 2.23. The number of aromatic nitrogens is 4. The van der Waals surface area contributed by atoms with Crippen LogP contribution in [0.15, 0.2) is 58.1 Å². The zero-order valence-electron chi connectivity index (χ0n) is 21.8. The molecule has 39 heavy (non-hydrogen) atoms. The molecule has 4 aromatic rings. The van der Waals surface area contributed by atoms with Gasteiger partial charge in [0.05, 0.1) is 6.54 Å². The first-order valence-corrected chi connectivity index (χ1v) is 12.9. The molecular formula is C27H28FN7O3S. The molecule has 2 aromatic heterocycles. The maximum absolute atomic E-state index is 13.5. The van der Waals surface area contributed by atoms with Gasteiger partial charge in [-0.05, 0) is 61.1 Å². The van der Waals surface area contributed by atoms with Crippen molar-refractivity contribution in [3.05, 3.63) is 86.3 Å². The second-order valence-corrected chi connectivity index (χ2v) is 9.93. The molecule has 0 bridgehead atoms. The number of imidazole rings is 1. The predicted octanol–water partition coefficient (Wildman–Crippen LogP) is 2.34. The summed E-state index contributed by atoms with van der Waals surface area (Å²) in [5.74, 6) is 0.220. The number of hydrogen-bond acceptors (Lipinski definition) is 6. The first-order chi connectivity index (χ1) is 18.6. The van der Waals surface area contributed by atoms with Gasteiger partial charge >= 0.3 is 5.69 Å². The summed E-state index contributed by atoms with van der Waals surface area (Å²) in [5.41, 5.74) is 1.95. The van der Waals surface area contributed by atoms with Crippen molar-refractivity contribution in [2.45, 2.75) is 13.5 Å². The third-order valence-corrected chi connectivity index (χ3v) is 7.33. The maximum Gasteiger partial charge on any atom is 0.332 e. The average molecular weight is 550 g/mol. The minimum Gasteiger partial charge on any atom is -0.345 e. The highest BCUT2D eigenvalue weighted by Gasteiger charge is 2.26. The van der Waals surface area contributed by atoms with Crippen LogP contribution >= 0.6 is 12.2 Å². The molecule has 2 aromatic carbocycles. The molecule has 1 fully saturated rings. The molecule has 0 radical (unpaired) electrons. The molecule has 0 amide bonds. The van der Waals surface area contributed by atoms with Crippen molar-refractivity contribution in [2.75, 3.05) is 36.4 Å². The Morgan fingerprint density at radius 1 is 0.974 bits per heavy atom. The van der Waals surface area contributed by atoms with Gasteiger partial charge in [-0.2, -0.15) is 4.98 Å². The van der Waals surface area contributed by atoms with Crippen LogP contribution in [0, 0.1) is 5.82 Å². The molecular weight excluding hydrogens is 521 g/mol. The van der Waals surface area contributed by atoms with Crippen molar-refractivity contribution in [1.82, 2.24) is 23.6 Å². The largest absolute Gasteiger partial charge is 0.345 e. The van der Waals surface area contributed by atoms with Gasteiger partial charge in [-0.3, -0.25) is 23.3 Å². The lowest BCUT2D eigenvalue weighted by molar-refractivity contribution is 0.101. The number of carbonyl (C=O) groups is 1. The van der Waals surface area contributed by atoms with Gasteiger partial charge in [0, 0.05) is 51.5 Å². The number of piperazine rings is 1. The van der Waals surface area contributed by atoms with Gasteiger partial charge in [0.1, 0.15) is 5.82 Å². The molecule has 3 heterocycles. The number of nitrogens with one attached hydrogen (secondary N) is 1. The Morgan fingerprint density at radius 2 is 1.62 bits per heavy atom. The van der Waals surface area contributed by atoms with Gasteiger partial charge < -0.3 is 15.1 Å². The summed E-state index contributed by atoms with van der Waals surface area (Å²) in [6, 6.07) is 13.3. The summed E-state index contributed by atoms with van der Waals surface area (Å²) < 4.78 is 17.8. The fourth-order valence-corrected chi connectivity index (χ4v) is 5.00. The number of rotatable bonds is 5. The number of anilines is 2. The van der Waals surface area contributed by atoms with E-state index in [-0.39, 0.29) is 18.1 Å². The number of ketones is 1. The molecule has 0 aliphatic carbocycles. The third-order valence-electron chi connectivity index (χ3n) is 6.97. The van der Waals surface area contributed by atoms with E-state index in [0.29, 0.717) is 54.0 Å². The van der Waals surface area contributed by atoms with Crippen molar-refractivity contribution in [3.8, 4) is 0 Å². The predicted molar refractivity (Wildman–Crippen MR) is 152 cm³/mol. The lowest BCUT2D eigenvalue weighted by Crippen LogP contribution is -2.50. The number of thiocarbonyl (C=S) groups is 1. The van der Waals surface area contributed by atoms with Gasteiger partial charge in [-0.25, -0.2) is 9.18 Å². The average Bonchev–Trinajstić information content (AvgIpc) is 3.31. The van der Waals surface area contributed by atoms with Crippen molar-refractivity contribution in [1.29, 1.82) is 0 Å². The number of hydrogen-bond donors (Lipinski definition) is 1. The summed E-state index contributed by atoms with van der Waals surface area (Å²) in [7, 11) is 3.04. The molecule has 202 valence electrons. The van der Waals surface area contributed by atoms with Gasteiger partial charge in [0.15, 0.2) is 22.1 Å². The van der Waals surface area contributed by atoms with Crippen molar-refractivity contribution in [3.63, 3.8) is 0 Å². The Morgan fingerprint density at radius 3 is 2.23 bits per heavy atom. The topological polar surface area (TPSA) is 97.4 Å². The van der Waals surface area contributed by atoms with E-state index in [2.05, 4.69) is 10.2 Å². The molecule has 5 rings (SSSR count). The number of benzene rings is 2. The number of aryl methyl sites for hydroxylation is 1. The highest BCUT2D eigenvalue weighted by molar-refractivity contribution is 7.80. The summed E-state index contributed by atoms with van der Waals surface area (Å²) in [5, 5.41) is 3.79. The van der Waals surface area contributed by atoms with E-state index in [9.17, 15) is 18.8 Å². The zero-order valence-corrected chi connectivity index (χ0v) is 22.7. The van der Waals surface area contributed by atoms with E-state index in [1.165, 1.54) is 30.7 Å². The van der Waals surface area contributed by atoms with Crippen LogP contribution in [-0.4, -0.2) is 60.7 Å². The summed E-state index contributed by atoms with van der Waals surface area (Å²) in [6.07, 6.45) is 0. The van der Waals surface area contributed by atoms with Gasteiger partial charge in [0.2, 0.25) is 5.95 Å². The van der Waals surface area contributed by atoms with E-state index < -0.39 is 11.2 Å². The van der Waals surface area contributed by atoms with Crippen LogP contribution < -0.4 is 21.5 Å². The van der Waals surface area contributed by atoms with E-state index >= 15 is 0 Å². The fraction of sp³-hybridized carbons (Fsp3) is 0.296. The number of nitrogens with zero attached hydrogens (tertiary/aromatic N) is 6. The van der Waals surface area contributed by atoms with Crippen molar-refractivity contribution < 1.29 is 9.18 Å². The van der Waals surface area contributed by atoms with E-state index in [4.69, 9.17) is 17.2 Å². The van der Waals surface area contributed by atoms with Crippen LogP contribution in [0.3, 0.4) is 0 Å². The molecule has 1 aliphatic heterocycles. The van der Waals surface area contributed by atoms with E-state index in [0.717, 1.165) is 15.8 Å². The number of Topliss-reactive ketones (excluding diaryl/α,β-unsaturated/α-hetero) is 1. The van der Waals surface area contributed by atoms with Crippen LogP contribution in [0.4, 0.5) is 16.0 Å². The first-order valence-electron chi connectivity index (χ1n) is 12.5. The monoisotopic (exact) mass is 549 g/mol. The Balaban J connectivity index is 1.40. The SMILES string of the molecule is CC(=O)c1ccc(NC(=S)N2CCN(c3nc4c(c(=O)n(C)c(=O)n4C)n3Cc3ccc(F)cc3)CC2)cc1. The summed E-state index contributed by atoms with van der Waals surface area (Å²) in [4.78, 5) is 46.2. The Labute approximate surface area is 228 Å². The summed E-state index contributed by atoms with van der Waals surface area (Å²) >= 11 is 5.63. The van der Waals surface area contributed by atoms with Gasteiger partial charge in [-0.15, -0.1) is 0 Å². The van der Waals surface area contributed by atoms with Crippen molar-refractivity contribution in [2.24, 2.45) is 14.1 Å². The second kappa shape index (κ2) is 10.4. The lowest BCUT2D eigenvalue weighted by atomic mass is 10.1. The molecule has 1 N–H and O–H groups in total. The molecule has 0 unspecified atom stereocenters. The van der Waals surface area contributed by atoms with Crippen LogP contribution in [-0.2, 0) is 20.6 Å². The van der Waals surface area contributed by atoms with Crippen LogP contribution in [0.5, 0.6) is 0 Å². The number of fused-ring (bicyclic) bond motifs is 1. The van der Waals surface area contributed by atoms with Crippen molar-refractivity contribution >= 4 is 45.9 Å². The van der Waals surface area contributed by atoms with Gasteiger partial charge in [0.25, 0.3) is 5.56 Å². The zero-order chi connectivity index (χ0) is 27.8. The number of halogens is 1. The van der Waals surface area contributed by atoms with Gasteiger partial charge in [-0.1, -0.05) is 12.1 Å². The standard InChI is InChI=1S/C27H28FN7O3S/c1-17(36)19-6-10-21(11-7-19)29-26(39)34-14-12-33(13-15-34)25-30-23-22(24(37)32(3)27(38)31(23)2)35(25)16-18-4-8-20(28)9-5-18/h4-11H,12-16H2,1-3H3,(H,29,39). The molecule has 0 spiro atoms. The smallest absolute Gasteiger partial charge is 0.332 e. The minimum absolute atomic E-state index is 0.00335. The maximum atomic E-state index is 13.5. The second-order valence-electron chi connectivity index (χ2n) is 9.54. The molecule has 1 aliphatic rings. The Bertz CT molecular complexity index is 1680. The molecule has 10 nitrogen and oxygen atoms in total. The normalized spacial score (nSPS) is 13.6. The Kier molecular flexibility index (Phi) is 7.04. The first kappa shape index (κ1) is 26.3. The molecule has 12 heteroatoms. The number of carbonyl (C=O) groups excluding carboxylic acids is 1. The third kappa shape index (κ3) is 5.07. The van der Waals surface area contributed by atoms with Crippen LogP contribution in [0.2, 0.25) is 0 Å². The van der Waals surface area contributed by atoms with Crippen LogP contribution in [0.1, 0.15) is 22.8 Å². The molecule has 0 saturated carbocycles. The fourth-order valence-electron chi connectivity index (χ4n) is 4.70. The molecule has 1 saturated heterocycles. The quantitative estimate of drug-likeness (QED) is 0.299. The lowest BCUT2D eigenvalue weighted by Gasteiger charge is -2.36. The minimum atomic E-state index is -0.455.